The Kier molecular flexibility index (Phi) is 42.0. The van der Waals surface area contributed by atoms with Gasteiger partial charge in [-0.3, -0.25) is 13.8 Å². The van der Waals surface area contributed by atoms with Gasteiger partial charge in [0.05, 0.1) is 25.4 Å². The molecule has 332 valence electrons. The quantitative estimate of drug-likeness (QED) is 0.0274. The molecule has 58 heavy (non-hydrogen) atoms. The van der Waals surface area contributed by atoms with Crippen LogP contribution in [0.5, 0.6) is 0 Å². The summed E-state index contributed by atoms with van der Waals surface area (Å²) in [6.07, 6.45) is 60.4. The molecule has 0 aliphatic heterocycles. The first kappa shape index (κ1) is 55.4. The first-order valence-electron chi connectivity index (χ1n) is 22.9. The van der Waals surface area contributed by atoms with Gasteiger partial charge < -0.3 is 21.1 Å². The van der Waals surface area contributed by atoms with Gasteiger partial charge in [-0.25, -0.2) is 4.57 Å². The van der Waals surface area contributed by atoms with E-state index in [1.54, 1.807) is 6.08 Å². The number of phosphoric acid groups is 1. The lowest BCUT2D eigenvalue weighted by Gasteiger charge is -2.23. The van der Waals surface area contributed by atoms with Gasteiger partial charge in [0.1, 0.15) is 0 Å². The van der Waals surface area contributed by atoms with Gasteiger partial charge in [-0.1, -0.05) is 182 Å². The van der Waals surface area contributed by atoms with Gasteiger partial charge in [-0.2, -0.15) is 0 Å². The van der Waals surface area contributed by atoms with E-state index in [4.69, 9.17) is 14.8 Å². The fourth-order valence-electron chi connectivity index (χ4n) is 5.97. The average molecular weight is 829 g/mol. The molecule has 0 saturated heterocycles. The lowest BCUT2D eigenvalue weighted by Crippen LogP contribution is -2.45. The topological polar surface area (TPSA) is 131 Å². The van der Waals surface area contributed by atoms with Crippen LogP contribution in [0, 0.1) is 0 Å². The minimum absolute atomic E-state index is 0.0613. The highest BCUT2D eigenvalue weighted by atomic mass is 31.2. The maximum Gasteiger partial charge on any atom is 0.472 e. The molecule has 0 aliphatic carbocycles. The molecule has 9 heteroatoms. The molecule has 0 aromatic heterocycles. The van der Waals surface area contributed by atoms with Crippen LogP contribution in [0.1, 0.15) is 174 Å². The first-order valence-corrected chi connectivity index (χ1v) is 24.4. The number of amides is 1. The van der Waals surface area contributed by atoms with Gasteiger partial charge in [0, 0.05) is 13.0 Å². The summed E-state index contributed by atoms with van der Waals surface area (Å²) >= 11 is 0. The Morgan fingerprint density at radius 1 is 0.586 bits per heavy atom. The Morgan fingerprint density at radius 2 is 1.02 bits per heavy atom. The molecule has 0 radical (unpaired) electrons. The Labute approximate surface area is 355 Å². The molecule has 5 N–H and O–H groups in total. The second kappa shape index (κ2) is 44.0. The molecule has 0 aromatic carbocycles. The number of phosphoric ester groups is 1. The third kappa shape index (κ3) is 41.6. The van der Waals surface area contributed by atoms with E-state index in [1.807, 2.05) is 6.08 Å². The Balaban J connectivity index is 4.36. The molecule has 0 aliphatic rings. The number of rotatable bonds is 41. The molecule has 0 bridgehead atoms. The smallest absolute Gasteiger partial charge is 0.387 e. The Morgan fingerprint density at radius 3 is 1.53 bits per heavy atom. The van der Waals surface area contributed by atoms with Crippen molar-refractivity contribution in [1.82, 2.24) is 5.32 Å². The van der Waals surface area contributed by atoms with Crippen LogP contribution in [0.15, 0.2) is 97.2 Å². The van der Waals surface area contributed by atoms with E-state index in [0.717, 1.165) is 70.6 Å². The molecular weight excluding hydrogens is 744 g/mol. The van der Waals surface area contributed by atoms with Crippen LogP contribution in [0.3, 0.4) is 0 Å². The van der Waals surface area contributed by atoms with E-state index in [9.17, 15) is 19.4 Å². The molecule has 0 saturated carbocycles. The lowest BCUT2D eigenvalue weighted by molar-refractivity contribution is -0.123. The third-order valence-electron chi connectivity index (χ3n) is 9.39. The van der Waals surface area contributed by atoms with Crippen molar-refractivity contribution in [3.8, 4) is 0 Å². The summed E-state index contributed by atoms with van der Waals surface area (Å²) in [4.78, 5) is 22.7. The molecule has 0 heterocycles. The van der Waals surface area contributed by atoms with E-state index < -0.39 is 20.0 Å². The van der Waals surface area contributed by atoms with Gasteiger partial charge >= 0.3 is 7.82 Å². The van der Waals surface area contributed by atoms with Crippen LogP contribution in [-0.2, 0) is 18.4 Å². The molecule has 0 spiro atoms. The van der Waals surface area contributed by atoms with Crippen molar-refractivity contribution in [2.24, 2.45) is 5.73 Å². The number of allylic oxidation sites excluding steroid dienone is 15. The zero-order valence-corrected chi connectivity index (χ0v) is 37.6. The van der Waals surface area contributed by atoms with E-state index in [0.29, 0.717) is 6.42 Å². The number of nitrogens with two attached hydrogens (primary N) is 1. The molecule has 1 amide bonds. The summed E-state index contributed by atoms with van der Waals surface area (Å²) in [7, 11) is -4.37. The summed E-state index contributed by atoms with van der Waals surface area (Å²) in [5.41, 5.74) is 5.37. The zero-order chi connectivity index (χ0) is 42.5. The first-order chi connectivity index (χ1) is 28.4. The van der Waals surface area contributed by atoms with E-state index in [1.165, 1.54) is 77.0 Å². The van der Waals surface area contributed by atoms with Crippen LogP contribution in [-0.4, -0.2) is 47.8 Å². The fourth-order valence-corrected chi connectivity index (χ4v) is 6.73. The van der Waals surface area contributed by atoms with Crippen molar-refractivity contribution in [2.45, 2.75) is 187 Å². The van der Waals surface area contributed by atoms with Crippen LogP contribution in [0.25, 0.3) is 0 Å². The number of hydrogen-bond acceptors (Lipinski definition) is 6. The maximum absolute atomic E-state index is 12.8. The van der Waals surface area contributed by atoms with Gasteiger partial charge in [0.25, 0.3) is 0 Å². The van der Waals surface area contributed by atoms with E-state index in [-0.39, 0.29) is 32.1 Å². The van der Waals surface area contributed by atoms with Crippen molar-refractivity contribution in [1.29, 1.82) is 0 Å². The van der Waals surface area contributed by atoms with Crippen LogP contribution in [0.4, 0.5) is 0 Å². The van der Waals surface area contributed by atoms with Gasteiger partial charge in [-0.15, -0.1) is 0 Å². The van der Waals surface area contributed by atoms with Gasteiger partial charge in [0.15, 0.2) is 0 Å². The van der Waals surface area contributed by atoms with Crippen molar-refractivity contribution in [3.63, 3.8) is 0 Å². The van der Waals surface area contributed by atoms with Crippen molar-refractivity contribution >= 4 is 13.7 Å². The minimum Gasteiger partial charge on any atom is -0.387 e. The number of hydrogen-bond donors (Lipinski definition) is 4. The molecule has 0 fully saturated rings. The molecule has 0 rings (SSSR count). The van der Waals surface area contributed by atoms with Crippen molar-refractivity contribution in [2.75, 3.05) is 19.8 Å². The second-order valence-electron chi connectivity index (χ2n) is 14.9. The SMILES string of the molecule is CC/C=C\C/C=C\C/C=C\C/C=C\C/C=C\C/C=C\CCCCC(=O)NC(COP(=O)(O)OCCN)C(O)/C=C/CC/C=C/CCCCCCCCCCCCCC. The van der Waals surface area contributed by atoms with Gasteiger partial charge in [0.2, 0.25) is 5.91 Å². The zero-order valence-electron chi connectivity index (χ0n) is 36.7. The Bertz CT molecular complexity index is 1220. The van der Waals surface area contributed by atoms with Gasteiger partial charge in [-0.05, 0) is 83.5 Å². The Hall–Kier alpha value is -2.58. The lowest BCUT2D eigenvalue weighted by atomic mass is 10.0. The average Bonchev–Trinajstić information content (AvgIpc) is 3.21. The molecular formula is C49H85N2O6P. The van der Waals surface area contributed by atoms with Crippen LogP contribution < -0.4 is 11.1 Å². The summed E-state index contributed by atoms with van der Waals surface area (Å²) in [6.45, 7) is 3.95. The molecule has 3 unspecified atom stereocenters. The monoisotopic (exact) mass is 829 g/mol. The minimum atomic E-state index is -4.37. The number of aliphatic hydroxyl groups excluding tert-OH is 1. The van der Waals surface area contributed by atoms with Crippen molar-refractivity contribution in [3.05, 3.63) is 97.2 Å². The summed E-state index contributed by atoms with van der Waals surface area (Å²) in [5.74, 6) is -0.250. The highest BCUT2D eigenvalue weighted by Crippen LogP contribution is 2.43. The molecule has 0 aromatic rings. The largest absolute Gasteiger partial charge is 0.472 e. The third-order valence-corrected chi connectivity index (χ3v) is 10.4. The number of carbonyl (C=O) groups is 1. The van der Waals surface area contributed by atoms with Crippen LogP contribution >= 0.6 is 7.82 Å². The number of nitrogens with one attached hydrogen (secondary N) is 1. The number of unbranched alkanes of at least 4 members (excludes halogenated alkanes) is 15. The molecule has 8 nitrogen and oxygen atoms in total. The van der Waals surface area contributed by atoms with Crippen molar-refractivity contribution < 1.29 is 28.4 Å². The normalized spacial score (nSPS) is 14.9. The molecule has 3 atom stereocenters. The summed E-state index contributed by atoms with van der Waals surface area (Å²) in [6, 6.07) is -0.907. The second-order valence-corrected chi connectivity index (χ2v) is 16.3. The van der Waals surface area contributed by atoms with Crippen LogP contribution in [0.2, 0.25) is 0 Å². The van der Waals surface area contributed by atoms with E-state index >= 15 is 0 Å². The number of aliphatic hydroxyl groups is 1. The highest BCUT2D eigenvalue weighted by molar-refractivity contribution is 7.47. The fraction of sp³-hybridized carbons (Fsp3) is 0.653. The maximum atomic E-state index is 12.8. The highest BCUT2D eigenvalue weighted by Gasteiger charge is 2.26. The summed E-state index contributed by atoms with van der Waals surface area (Å²) in [5, 5.41) is 13.6. The predicted molar refractivity (Wildman–Crippen MR) is 249 cm³/mol. The predicted octanol–water partition coefficient (Wildman–Crippen LogP) is 13.2. The summed E-state index contributed by atoms with van der Waals surface area (Å²) < 4.78 is 22.1. The van der Waals surface area contributed by atoms with E-state index in [2.05, 4.69) is 104 Å². The standard InChI is InChI=1S/C49H85N2O6P/c1-3-5-7-9-11-13-15-17-19-21-23-24-25-27-29-31-33-35-37-39-41-43-49(53)51-47(46-57-58(54,55)56-45-44-50)48(52)42-40-38-36-34-32-30-28-26-22-20-18-16-14-12-10-8-6-4-2/h5,7,11,13,17,19,23-24,27,29,32-35,40,42,47-48,52H,3-4,6,8-10,12,14-16,18,20-22,25-26,28,30-31,36-39,41,43-46,50H2,1-2H3,(H,51,53)(H,54,55)/b7-5-,13-11-,19-17-,24-23-,29-27-,34-32+,35-33-,42-40+. The number of carbonyl (C=O) groups excluding carboxylic acids is 1.